The number of amides is 1. The highest BCUT2D eigenvalue weighted by Crippen LogP contribution is 2.28. The molecule has 0 N–H and O–H groups in total. The van der Waals surface area contributed by atoms with Crippen molar-refractivity contribution in [1.82, 2.24) is 9.88 Å². The third-order valence-electron chi connectivity index (χ3n) is 4.87. The second kappa shape index (κ2) is 6.91. The molecule has 0 aliphatic carbocycles. The molecule has 126 valence electrons. The van der Waals surface area contributed by atoms with E-state index in [-0.39, 0.29) is 12.0 Å². The van der Waals surface area contributed by atoms with Crippen molar-refractivity contribution in [2.75, 3.05) is 31.1 Å². The van der Waals surface area contributed by atoms with Crippen LogP contribution in [0.4, 0.5) is 5.69 Å². The van der Waals surface area contributed by atoms with Crippen LogP contribution in [-0.4, -0.2) is 54.2 Å². The van der Waals surface area contributed by atoms with Gasteiger partial charge in [-0.2, -0.15) is 0 Å². The maximum absolute atomic E-state index is 12.6. The number of nitrogens with zero attached hydrogens (tertiary/aromatic N) is 3. The number of pyridine rings is 1. The van der Waals surface area contributed by atoms with Crippen molar-refractivity contribution in [1.29, 1.82) is 0 Å². The molecule has 4 rings (SSSR count). The SMILES string of the molecule is O=C(c1cccs1)N1CCC2OCCN(c3cccnc3)C2CC1. The Hall–Kier alpha value is -1.92. The van der Waals surface area contributed by atoms with Crippen LogP contribution in [0, 0.1) is 0 Å². The average Bonchev–Trinajstić information content (AvgIpc) is 3.08. The van der Waals surface area contributed by atoms with E-state index in [0.29, 0.717) is 6.04 Å². The number of carbonyl (C=O) groups is 1. The summed E-state index contributed by atoms with van der Waals surface area (Å²) in [6.45, 7) is 3.15. The van der Waals surface area contributed by atoms with Gasteiger partial charge in [-0.1, -0.05) is 6.07 Å². The number of carbonyl (C=O) groups excluding carboxylic acids is 1. The molecule has 2 aromatic rings. The highest BCUT2D eigenvalue weighted by Gasteiger charge is 2.36. The molecule has 0 aromatic carbocycles. The highest BCUT2D eigenvalue weighted by molar-refractivity contribution is 7.12. The minimum Gasteiger partial charge on any atom is -0.374 e. The van der Waals surface area contributed by atoms with Crippen LogP contribution in [0.2, 0.25) is 0 Å². The molecule has 0 spiro atoms. The molecule has 0 radical (unpaired) electrons. The molecule has 24 heavy (non-hydrogen) atoms. The molecule has 4 heterocycles. The fourth-order valence-electron chi connectivity index (χ4n) is 3.68. The molecule has 2 aromatic heterocycles. The summed E-state index contributed by atoms with van der Waals surface area (Å²) < 4.78 is 6.03. The van der Waals surface area contributed by atoms with Crippen LogP contribution in [0.3, 0.4) is 0 Å². The van der Waals surface area contributed by atoms with Gasteiger partial charge >= 0.3 is 0 Å². The van der Waals surface area contributed by atoms with Crippen molar-refractivity contribution in [3.63, 3.8) is 0 Å². The minimum absolute atomic E-state index is 0.150. The second-order valence-corrected chi connectivity index (χ2v) is 7.18. The van der Waals surface area contributed by atoms with Gasteiger partial charge in [0.2, 0.25) is 0 Å². The molecule has 1 amide bonds. The largest absolute Gasteiger partial charge is 0.374 e. The van der Waals surface area contributed by atoms with E-state index in [1.807, 2.05) is 34.7 Å². The summed E-state index contributed by atoms with van der Waals surface area (Å²) in [6, 6.07) is 8.23. The van der Waals surface area contributed by atoms with Crippen molar-refractivity contribution in [3.05, 3.63) is 46.9 Å². The first kappa shape index (κ1) is 15.6. The fraction of sp³-hybridized carbons (Fsp3) is 0.444. The molecular weight excluding hydrogens is 322 g/mol. The summed E-state index contributed by atoms with van der Waals surface area (Å²) in [5.74, 6) is 0.150. The van der Waals surface area contributed by atoms with Crippen molar-refractivity contribution in [2.45, 2.75) is 25.0 Å². The topological polar surface area (TPSA) is 45.7 Å². The van der Waals surface area contributed by atoms with E-state index in [0.717, 1.165) is 49.6 Å². The van der Waals surface area contributed by atoms with E-state index in [4.69, 9.17) is 4.74 Å². The van der Waals surface area contributed by atoms with E-state index >= 15 is 0 Å². The van der Waals surface area contributed by atoms with E-state index in [2.05, 4.69) is 16.0 Å². The lowest BCUT2D eigenvalue weighted by atomic mass is 10.0. The first-order valence-electron chi connectivity index (χ1n) is 8.44. The summed E-state index contributed by atoms with van der Waals surface area (Å²) in [5.41, 5.74) is 1.15. The lowest BCUT2D eigenvalue weighted by Crippen LogP contribution is -2.51. The van der Waals surface area contributed by atoms with Gasteiger partial charge in [0, 0.05) is 25.8 Å². The lowest BCUT2D eigenvalue weighted by molar-refractivity contribution is 0.00908. The average molecular weight is 343 g/mol. The Kier molecular flexibility index (Phi) is 4.49. The first-order chi connectivity index (χ1) is 11.8. The van der Waals surface area contributed by atoms with Crippen LogP contribution in [0.25, 0.3) is 0 Å². The molecule has 0 bridgehead atoms. The highest BCUT2D eigenvalue weighted by atomic mass is 32.1. The zero-order valence-electron chi connectivity index (χ0n) is 13.5. The number of anilines is 1. The number of morpholine rings is 1. The van der Waals surface area contributed by atoms with E-state index in [9.17, 15) is 4.79 Å². The van der Waals surface area contributed by atoms with Gasteiger partial charge in [0.15, 0.2) is 0 Å². The number of likely N-dealkylation sites (tertiary alicyclic amines) is 1. The summed E-state index contributed by atoms with van der Waals surface area (Å²) in [5, 5.41) is 1.96. The van der Waals surface area contributed by atoms with E-state index < -0.39 is 0 Å². The van der Waals surface area contributed by atoms with Gasteiger partial charge in [0.25, 0.3) is 5.91 Å². The van der Waals surface area contributed by atoms with Gasteiger partial charge < -0.3 is 14.5 Å². The molecular formula is C18H21N3O2S. The summed E-state index contributed by atoms with van der Waals surface area (Å²) in [4.78, 5) is 22.1. The summed E-state index contributed by atoms with van der Waals surface area (Å²) in [7, 11) is 0. The number of hydrogen-bond donors (Lipinski definition) is 0. The van der Waals surface area contributed by atoms with E-state index in [1.54, 1.807) is 6.20 Å². The molecule has 2 fully saturated rings. The normalized spacial score (nSPS) is 24.3. The maximum Gasteiger partial charge on any atom is 0.263 e. The second-order valence-electron chi connectivity index (χ2n) is 6.23. The molecule has 2 atom stereocenters. The Morgan fingerprint density at radius 3 is 2.92 bits per heavy atom. The number of aromatic nitrogens is 1. The van der Waals surface area contributed by atoms with Crippen molar-refractivity contribution in [3.8, 4) is 0 Å². The number of rotatable bonds is 2. The Labute approximate surface area is 145 Å². The molecule has 2 unspecified atom stereocenters. The summed E-state index contributed by atoms with van der Waals surface area (Å²) in [6.07, 6.45) is 5.72. The van der Waals surface area contributed by atoms with Crippen LogP contribution < -0.4 is 4.90 Å². The quantitative estimate of drug-likeness (QED) is 0.841. The standard InChI is InChI=1S/C18H21N3O2S/c22-18(17-4-2-12-24-17)20-8-5-15-16(6-9-20)23-11-10-21(15)14-3-1-7-19-13-14/h1-4,7,12-13,15-16H,5-6,8-11H2. The van der Waals surface area contributed by atoms with Crippen molar-refractivity contribution < 1.29 is 9.53 Å². The van der Waals surface area contributed by atoms with Gasteiger partial charge in [-0.05, 0) is 36.4 Å². The maximum atomic E-state index is 12.6. The van der Waals surface area contributed by atoms with Crippen LogP contribution in [0.15, 0.2) is 42.0 Å². The van der Waals surface area contributed by atoms with Crippen LogP contribution >= 0.6 is 11.3 Å². The number of fused-ring (bicyclic) bond motifs is 1. The number of hydrogen-bond acceptors (Lipinski definition) is 5. The zero-order valence-corrected chi connectivity index (χ0v) is 14.3. The molecule has 5 nitrogen and oxygen atoms in total. The Morgan fingerprint density at radius 1 is 1.21 bits per heavy atom. The number of thiophene rings is 1. The third-order valence-corrected chi connectivity index (χ3v) is 5.73. The van der Waals surface area contributed by atoms with Crippen molar-refractivity contribution in [2.24, 2.45) is 0 Å². The van der Waals surface area contributed by atoms with Crippen LogP contribution in [0.5, 0.6) is 0 Å². The van der Waals surface area contributed by atoms with Gasteiger partial charge in [-0.15, -0.1) is 11.3 Å². The van der Waals surface area contributed by atoms with Crippen molar-refractivity contribution >= 4 is 22.9 Å². The molecule has 6 heteroatoms. The smallest absolute Gasteiger partial charge is 0.263 e. The lowest BCUT2D eigenvalue weighted by Gasteiger charge is -2.41. The fourth-order valence-corrected chi connectivity index (χ4v) is 4.37. The van der Waals surface area contributed by atoms with E-state index in [1.165, 1.54) is 11.3 Å². The molecule has 2 aliphatic heterocycles. The monoisotopic (exact) mass is 343 g/mol. The third kappa shape index (κ3) is 3.03. The molecule has 0 saturated carbocycles. The van der Waals surface area contributed by atoms with Gasteiger partial charge in [-0.3, -0.25) is 9.78 Å². The Balaban J connectivity index is 1.51. The zero-order chi connectivity index (χ0) is 16.4. The molecule has 2 aliphatic rings. The minimum atomic E-state index is 0.150. The number of ether oxygens (including phenoxy) is 1. The summed E-state index contributed by atoms with van der Waals surface area (Å²) >= 11 is 1.51. The first-order valence-corrected chi connectivity index (χ1v) is 9.32. The van der Waals surface area contributed by atoms with Crippen LogP contribution in [0.1, 0.15) is 22.5 Å². The predicted octanol–water partition coefficient (Wildman–Crippen LogP) is 2.65. The molecule has 2 saturated heterocycles. The van der Waals surface area contributed by atoms with Gasteiger partial charge in [0.1, 0.15) is 0 Å². The van der Waals surface area contributed by atoms with Gasteiger partial charge in [0.05, 0.1) is 35.5 Å². The Morgan fingerprint density at radius 2 is 2.12 bits per heavy atom. The van der Waals surface area contributed by atoms with Crippen LogP contribution in [-0.2, 0) is 4.74 Å². The predicted molar refractivity (Wildman–Crippen MR) is 94.6 cm³/mol. The van der Waals surface area contributed by atoms with Gasteiger partial charge in [-0.25, -0.2) is 0 Å². The Bertz CT molecular complexity index is 677.